The molecule has 1 heterocycles. The molecular weight excluding hydrogens is 381 g/mol. The van der Waals surface area contributed by atoms with E-state index in [9.17, 15) is 9.18 Å². The monoisotopic (exact) mass is 399 g/mol. The number of halogens is 1. The van der Waals surface area contributed by atoms with Gasteiger partial charge in [0.25, 0.3) is 5.91 Å². The van der Waals surface area contributed by atoms with E-state index in [0.717, 1.165) is 17.2 Å². The van der Waals surface area contributed by atoms with Gasteiger partial charge in [-0.3, -0.25) is 4.79 Å². The highest BCUT2D eigenvalue weighted by Gasteiger charge is 2.07. The van der Waals surface area contributed by atoms with Crippen LogP contribution in [0.1, 0.15) is 10.4 Å². The normalized spacial score (nSPS) is 10.3. The molecule has 0 saturated heterocycles. The van der Waals surface area contributed by atoms with E-state index in [1.165, 1.54) is 24.4 Å². The van der Waals surface area contributed by atoms with E-state index >= 15 is 0 Å². The summed E-state index contributed by atoms with van der Waals surface area (Å²) >= 11 is 0. The quantitative estimate of drug-likeness (QED) is 0.417. The highest BCUT2D eigenvalue weighted by Crippen LogP contribution is 2.24. The molecule has 0 unspecified atom stereocenters. The second-order valence-electron chi connectivity index (χ2n) is 6.46. The molecule has 0 atom stereocenters. The predicted molar refractivity (Wildman–Crippen MR) is 115 cm³/mol. The fourth-order valence-electron chi connectivity index (χ4n) is 2.75. The molecule has 2 N–H and O–H groups in total. The van der Waals surface area contributed by atoms with Gasteiger partial charge in [0.05, 0.1) is 11.9 Å². The number of ether oxygens (including phenoxy) is 1. The van der Waals surface area contributed by atoms with Crippen molar-refractivity contribution in [1.82, 2.24) is 4.98 Å². The summed E-state index contributed by atoms with van der Waals surface area (Å²) in [5.74, 6) is 1.27. The van der Waals surface area contributed by atoms with Gasteiger partial charge in [0.2, 0.25) is 0 Å². The van der Waals surface area contributed by atoms with Crippen LogP contribution in [-0.2, 0) is 0 Å². The molecular formula is C24H18FN3O2. The Bertz CT molecular complexity index is 1130. The number of nitrogens with zero attached hydrogens (tertiary/aromatic N) is 1. The number of hydrogen-bond donors (Lipinski definition) is 2. The summed E-state index contributed by atoms with van der Waals surface area (Å²) in [6.07, 6.45) is 1.53. The van der Waals surface area contributed by atoms with Crippen LogP contribution >= 0.6 is 0 Å². The molecule has 6 heteroatoms. The Kier molecular flexibility index (Phi) is 5.66. The first-order valence-corrected chi connectivity index (χ1v) is 9.29. The summed E-state index contributed by atoms with van der Waals surface area (Å²) in [6.45, 7) is 0. The van der Waals surface area contributed by atoms with Crippen molar-refractivity contribution < 1.29 is 13.9 Å². The van der Waals surface area contributed by atoms with E-state index in [0.29, 0.717) is 11.5 Å². The third-order valence-corrected chi connectivity index (χ3v) is 4.21. The van der Waals surface area contributed by atoms with Gasteiger partial charge in [-0.2, -0.15) is 0 Å². The van der Waals surface area contributed by atoms with Gasteiger partial charge in [-0.15, -0.1) is 0 Å². The summed E-state index contributed by atoms with van der Waals surface area (Å²) in [5.41, 5.74) is 1.61. The SMILES string of the molecule is O=C(Nc1ccc(Nc2ccc(Oc3ccccc3)cc2)nc1)c1cccc(F)c1. The number of hydrogen-bond acceptors (Lipinski definition) is 4. The molecule has 30 heavy (non-hydrogen) atoms. The Balaban J connectivity index is 1.36. The number of anilines is 3. The average Bonchev–Trinajstić information content (AvgIpc) is 2.77. The summed E-state index contributed by atoms with van der Waals surface area (Å²) in [6, 6.07) is 26.0. The van der Waals surface area contributed by atoms with E-state index in [4.69, 9.17) is 4.74 Å². The lowest BCUT2D eigenvalue weighted by atomic mass is 10.2. The number of rotatable bonds is 6. The molecule has 4 aromatic rings. The maximum absolute atomic E-state index is 13.3. The lowest BCUT2D eigenvalue weighted by Gasteiger charge is -2.09. The smallest absolute Gasteiger partial charge is 0.255 e. The van der Waals surface area contributed by atoms with Crippen LogP contribution in [0.25, 0.3) is 0 Å². The van der Waals surface area contributed by atoms with Crippen molar-refractivity contribution in [3.05, 3.63) is 109 Å². The second kappa shape index (κ2) is 8.87. The number of amides is 1. The van der Waals surface area contributed by atoms with E-state index < -0.39 is 11.7 Å². The van der Waals surface area contributed by atoms with Gasteiger partial charge in [0.15, 0.2) is 0 Å². The Morgan fingerprint density at radius 2 is 1.53 bits per heavy atom. The first kappa shape index (κ1) is 19.1. The molecule has 5 nitrogen and oxygen atoms in total. The van der Waals surface area contributed by atoms with Gasteiger partial charge < -0.3 is 15.4 Å². The number of benzene rings is 3. The van der Waals surface area contributed by atoms with Crippen molar-refractivity contribution >= 4 is 23.1 Å². The first-order chi connectivity index (χ1) is 14.7. The molecule has 0 radical (unpaired) electrons. The lowest BCUT2D eigenvalue weighted by Crippen LogP contribution is -2.12. The molecule has 0 saturated carbocycles. The first-order valence-electron chi connectivity index (χ1n) is 9.29. The summed E-state index contributed by atoms with van der Waals surface area (Å²) in [7, 11) is 0. The Labute approximate surface area is 173 Å². The highest BCUT2D eigenvalue weighted by molar-refractivity contribution is 6.04. The molecule has 0 aliphatic carbocycles. The topological polar surface area (TPSA) is 63.2 Å². The van der Waals surface area contributed by atoms with Crippen molar-refractivity contribution in [2.24, 2.45) is 0 Å². The highest BCUT2D eigenvalue weighted by atomic mass is 19.1. The fraction of sp³-hybridized carbons (Fsp3) is 0. The minimum atomic E-state index is -0.458. The molecule has 0 bridgehead atoms. The van der Waals surface area contributed by atoms with Gasteiger partial charge in [-0.1, -0.05) is 24.3 Å². The summed E-state index contributed by atoms with van der Waals surface area (Å²) < 4.78 is 19.0. The standard InChI is InChI=1S/C24H18FN3O2/c25-18-6-4-5-17(15-18)24(29)28-20-11-14-23(26-16-20)27-19-9-12-22(13-10-19)30-21-7-2-1-3-8-21/h1-16H,(H,26,27)(H,28,29). The van der Waals surface area contributed by atoms with Crippen LogP contribution < -0.4 is 15.4 Å². The molecule has 148 valence electrons. The summed E-state index contributed by atoms with van der Waals surface area (Å²) in [5, 5.41) is 5.88. The summed E-state index contributed by atoms with van der Waals surface area (Å²) in [4.78, 5) is 16.5. The van der Waals surface area contributed by atoms with Crippen molar-refractivity contribution in [3.8, 4) is 11.5 Å². The number of para-hydroxylation sites is 1. The number of carbonyl (C=O) groups excluding carboxylic acids is 1. The van der Waals surface area contributed by atoms with Crippen molar-refractivity contribution in [3.63, 3.8) is 0 Å². The number of aromatic nitrogens is 1. The molecule has 1 amide bonds. The average molecular weight is 399 g/mol. The van der Waals surface area contributed by atoms with Gasteiger partial charge in [0, 0.05) is 11.3 Å². The zero-order valence-corrected chi connectivity index (χ0v) is 15.9. The number of carbonyl (C=O) groups is 1. The Morgan fingerprint density at radius 1 is 0.800 bits per heavy atom. The zero-order chi connectivity index (χ0) is 20.8. The van der Waals surface area contributed by atoms with Gasteiger partial charge in [0.1, 0.15) is 23.1 Å². The third kappa shape index (κ3) is 4.99. The predicted octanol–water partition coefficient (Wildman–Crippen LogP) is 6.01. The van der Waals surface area contributed by atoms with Crippen LogP contribution in [0.15, 0.2) is 97.2 Å². The largest absolute Gasteiger partial charge is 0.457 e. The van der Waals surface area contributed by atoms with Gasteiger partial charge in [-0.25, -0.2) is 9.37 Å². The Hall–Kier alpha value is -4.19. The molecule has 0 fully saturated rings. The third-order valence-electron chi connectivity index (χ3n) is 4.21. The molecule has 4 rings (SSSR count). The van der Waals surface area contributed by atoms with Gasteiger partial charge >= 0.3 is 0 Å². The number of pyridine rings is 1. The molecule has 1 aromatic heterocycles. The lowest BCUT2D eigenvalue weighted by molar-refractivity contribution is 0.102. The van der Waals surface area contributed by atoms with E-state index in [2.05, 4.69) is 15.6 Å². The number of nitrogens with one attached hydrogen (secondary N) is 2. The van der Waals surface area contributed by atoms with Crippen LogP contribution in [0.4, 0.5) is 21.6 Å². The van der Waals surface area contributed by atoms with Crippen LogP contribution in [0, 0.1) is 5.82 Å². The Morgan fingerprint density at radius 3 is 2.23 bits per heavy atom. The van der Waals surface area contributed by atoms with Crippen molar-refractivity contribution in [2.75, 3.05) is 10.6 Å². The van der Waals surface area contributed by atoms with E-state index in [1.54, 1.807) is 18.2 Å². The van der Waals surface area contributed by atoms with Crippen LogP contribution in [0.3, 0.4) is 0 Å². The van der Waals surface area contributed by atoms with Crippen LogP contribution in [0.2, 0.25) is 0 Å². The molecule has 0 spiro atoms. The minimum absolute atomic E-state index is 0.245. The van der Waals surface area contributed by atoms with E-state index in [1.807, 2.05) is 54.6 Å². The maximum Gasteiger partial charge on any atom is 0.255 e. The molecule has 0 aliphatic rings. The minimum Gasteiger partial charge on any atom is -0.457 e. The van der Waals surface area contributed by atoms with Gasteiger partial charge in [-0.05, 0) is 66.7 Å². The van der Waals surface area contributed by atoms with Crippen molar-refractivity contribution in [1.29, 1.82) is 0 Å². The zero-order valence-electron chi connectivity index (χ0n) is 15.9. The van der Waals surface area contributed by atoms with Crippen LogP contribution in [0.5, 0.6) is 11.5 Å². The van der Waals surface area contributed by atoms with Crippen molar-refractivity contribution in [2.45, 2.75) is 0 Å². The molecule has 3 aromatic carbocycles. The maximum atomic E-state index is 13.3. The van der Waals surface area contributed by atoms with E-state index in [-0.39, 0.29) is 5.56 Å². The second-order valence-corrected chi connectivity index (χ2v) is 6.46. The van der Waals surface area contributed by atoms with Crippen LogP contribution in [-0.4, -0.2) is 10.9 Å². The molecule has 0 aliphatic heterocycles. The fourth-order valence-corrected chi connectivity index (χ4v) is 2.75.